The van der Waals surface area contributed by atoms with Crippen LogP contribution in [0.15, 0.2) is 24.5 Å². The Morgan fingerprint density at radius 1 is 1.44 bits per heavy atom. The van der Waals surface area contributed by atoms with Crippen LogP contribution in [0.25, 0.3) is 0 Å². The first-order valence-corrected chi connectivity index (χ1v) is 7.90. The molecule has 1 amide bonds. The Morgan fingerprint density at radius 2 is 2.16 bits per heavy atom. The van der Waals surface area contributed by atoms with Crippen LogP contribution in [0, 0.1) is 17.6 Å². The third-order valence-corrected chi connectivity index (χ3v) is 4.50. The van der Waals surface area contributed by atoms with Crippen LogP contribution < -0.4 is 10.1 Å². The normalized spacial score (nSPS) is 20.7. The fourth-order valence-corrected chi connectivity index (χ4v) is 3.10. The summed E-state index contributed by atoms with van der Waals surface area (Å²) >= 11 is 0. The molecule has 1 fully saturated rings. The first kappa shape index (κ1) is 17.3. The van der Waals surface area contributed by atoms with Crippen LogP contribution in [0.2, 0.25) is 0 Å². The van der Waals surface area contributed by atoms with Gasteiger partial charge in [0.25, 0.3) is 5.91 Å². The highest BCUT2D eigenvalue weighted by molar-refractivity contribution is 5.97. The number of ether oxygens (including phenoxy) is 1. The van der Waals surface area contributed by atoms with Crippen LogP contribution in [-0.4, -0.2) is 34.0 Å². The van der Waals surface area contributed by atoms with Crippen LogP contribution in [0.5, 0.6) is 5.75 Å². The molecular formula is C17H19F2N3O3. The fourth-order valence-electron chi connectivity index (χ4n) is 3.10. The van der Waals surface area contributed by atoms with E-state index in [0.717, 1.165) is 11.6 Å². The number of hydrogen-bond acceptors (Lipinski definition) is 4. The van der Waals surface area contributed by atoms with Gasteiger partial charge in [0.1, 0.15) is 11.3 Å². The van der Waals surface area contributed by atoms with Gasteiger partial charge in [-0.1, -0.05) is 0 Å². The molecule has 0 saturated heterocycles. The lowest BCUT2D eigenvalue weighted by atomic mass is 9.75. The summed E-state index contributed by atoms with van der Waals surface area (Å²) in [5, 5.41) is 16.4. The van der Waals surface area contributed by atoms with E-state index in [4.69, 9.17) is 4.74 Å². The van der Waals surface area contributed by atoms with Crippen LogP contribution in [0.3, 0.4) is 0 Å². The Labute approximate surface area is 143 Å². The van der Waals surface area contributed by atoms with E-state index in [1.807, 2.05) is 0 Å². The zero-order valence-electron chi connectivity index (χ0n) is 13.9. The Balaban J connectivity index is 1.90. The number of aryl methyl sites for hydroxylation is 1. The second kappa shape index (κ2) is 6.79. The van der Waals surface area contributed by atoms with Crippen molar-refractivity contribution >= 4 is 5.91 Å². The first-order chi connectivity index (χ1) is 11.9. The summed E-state index contributed by atoms with van der Waals surface area (Å²) in [7, 11) is 3.03. The molecular weight excluding hydrogens is 332 g/mol. The van der Waals surface area contributed by atoms with Crippen molar-refractivity contribution in [3.05, 3.63) is 47.3 Å². The highest BCUT2D eigenvalue weighted by Crippen LogP contribution is 2.38. The summed E-state index contributed by atoms with van der Waals surface area (Å²) in [6.45, 7) is 0. The van der Waals surface area contributed by atoms with Gasteiger partial charge in [-0.15, -0.1) is 0 Å². The molecule has 25 heavy (non-hydrogen) atoms. The summed E-state index contributed by atoms with van der Waals surface area (Å²) in [5.74, 6) is -3.21. The summed E-state index contributed by atoms with van der Waals surface area (Å²) < 4.78 is 34.3. The van der Waals surface area contributed by atoms with Crippen molar-refractivity contribution in [2.24, 2.45) is 13.0 Å². The number of aliphatic hydroxyl groups is 1. The maximum atomic E-state index is 14.1. The van der Waals surface area contributed by atoms with Crippen molar-refractivity contribution in [1.29, 1.82) is 0 Å². The largest absolute Gasteiger partial charge is 0.496 e. The van der Waals surface area contributed by atoms with Crippen LogP contribution >= 0.6 is 0 Å². The van der Waals surface area contributed by atoms with Gasteiger partial charge in [-0.05, 0) is 30.9 Å². The number of rotatable bonds is 5. The number of nitrogens with one attached hydrogen (secondary N) is 1. The topological polar surface area (TPSA) is 76.4 Å². The minimum atomic E-state index is -1.25. The lowest BCUT2D eigenvalue weighted by Gasteiger charge is -2.37. The summed E-state index contributed by atoms with van der Waals surface area (Å²) in [5.41, 5.74) is 0.264. The number of halogens is 2. The zero-order valence-corrected chi connectivity index (χ0v) is 13.9. The number of amides is 1. The van der Waals surface area contributed by atoms with Crippen molar-refractivity contribution in [1.82, 2.24) is 15.1 Å². The van der Waals surface area contributed by atoms with E-state index in [0.29, 0.717) is 12.8 Å². The molecule has 2 N–H and O–H groups in total. The van der Waals surface area contributed by atoms with Crippen LogP contribution in [0.4, 0.5) is 8.78 Å². The van der Waals surface area contributed by atoms with Crippen molar-refractivity contribution in [3.63, 3.8) is 0 Å². The van der Waals surface area contributed by atoms with Gasteiger partial charge < -0.3 is 15.2 Å². The predicted octanol–water partition coefficient (Wildman–Crippen LogP) is 1.95. The number of carbonyl (C=O) groups is 1. The van der Waals surface area contributed by atoms with Crippen molar-refractivity contribution in [2.45, 2.75) is 25.0 Å². The molecule has 134 valence electrons. The molecule has 1 aromatic carbocycles. The zero-order chi connectivity index (χ0) is 18.1. The molecule has 0 bridgehead atoms. The lowest BCUT2D eigenvalue weighted by molar-refractivity contribution is 0.0234. The molecule has 8 heteroatoms. The van der Waals surface area contributed by atoms with Crippen LogP contribution in [0.1, 0.15) is 34.8 Å². The number of methoxy groups -OCH3 is 1. The maximum Gasteiger partial charge on any atom is 0.258 e. The standard InChI is InChI=1S/C17H19F2N3O3/c1-22-8-10(7-20-22)16(9-5-11(23)6-9)21-17(24)14-13(25-2)4-3-12(18)15(14)19/h3-4,7-9,11,16,23H,5-6H2,1-2H3,(H,21,24)/t9?,11?,16-/m1/s1. The van der Waals surface area contributed by atoms with Gasteiger partial charge in [0.15, 0.2) is 11.6 Å². The Morgan fingerprint density at radius 3 is 2.72 bits per heavy atom. The predicted molar refractivity (Wildman–Crippen MR) is 85.1 cm³/mol. The van der Waals surface area contributed by atoms with Gasteiger partial charge in [-0.25, -0.2) is 8.78 Å². The lowest BCUT2D eigenvalue weighted by Crippen LogP contribution is -2.41. The molecule has 1 aliphatic carbocycles. The van der Waals surface area contributed by atoms with Crippen molar-refractivity contribution < 1.29 is 23.4 Å². The average molecular weight is 351 g/mol. The quantitative estimate of drug-likeness (QED) is 0.863. The fraction of sp³-hybridized carbons (Fsp3) is 0.412. The van der Waals surface area contributed by atoms with E-state index in [9.17, 15) is 18.7 Å². The number of nitrogens with zero attached hydrogens (tertiary/aromatic N) is 2. The molecule has 1 saturated carbocycles. The van der Waals surface area contributed by atoms with Crippen LogP contribution in [-0.2, 0) is 7.05 Å². The number of aliphatic hydroxyl groups excluding tert-OH is 1. The molecule has 0 unspecified atom stereocenters. The van der Waals surface area contributed by atoms with Gasteiger partial charge >= 0.3 is 0 Å². The Bertz CT molecular complexity index is 787. The highest BCUT2D eigenvalue weighted by atomic mass is 19.2. The van der Waals surface area contributed by atoms with E-state index < -0.39 is 35.3 Å². The molecule has 1 atom stereocenters. The molecule has 1 aliphatic rings. The molecule has 0 radical (unpaired) electrons. The molecule has 3 rings (SSSR count). The third kappa shape index (κ3) is 3.34. The third-order valence-electron chi connectivity index (χ3n) is 4.50. The number of hydrogen-bond donors (Lipinski definition) is 2. The number of benzene rings is 1. The first-order valence-electron chi connectivity index (χ1n) is 7.90. The minimum Gasteiger partial charge on any atom is -0.496 e. The summed E-state index contributed by atoms with van der Waals surface area (Å²) in [6.07, 6.45) is 3.97. The maximum absolute atomic E-state index is 14.1. The van der Waals surface area contributed by atoms with E-state index in [1.165, 1.54) is 13.2 Å². The molecule has 0 aliphatic heterocycles. The molecule has 6 nitrogen and oxygen atoms in total. The molecule has 1 aromatic heterocycles. The Hall–Kier alpha value is -2.48. The Kier molecular flexibility index (Phi) is 4.71. The summed E-state index contributed by atoms with van der Waals surface area (Å²) in [6, 6.07) is 1.66. The highest BCUT2D eigenvalue weighted by Gasteiger charge is 2.37. The van der Waals surface area contributed by atoms with E-state index in [1.54, 1.807) is 24.1 Å². The SMILES string of the molecule is COc1ccc(F)c(F)c1C(=O)N[C@@H](c1cnn(C)c1)C1CC(O)C1. The van der Waals surface area contributed by atoms with Gasteiger partial charge in [0, 0.05) is 18.8 Å². The molecule has 2 aromatic rings. The monoisotopic (exact) mass is 351 g/mol. The molecule has 0 spiro atoms. The summed E-state index contributed by atoms with van der Waals surface area (Å²) in [4.78, 5) is 12.6. The van der Waals surface area contributed by atoms with E-state index >= 15 is 0 Å². The van der Waals surface area contributed by atoms with Crippen molar-refractivity contribution in [2.75, 3.05) is 7.11 Å². The second-order valence-electron chi connectivity index (χ2n) is 6.22. The van der Waals surface area contributed by atoms with Crippen molar-refractivity contribution in [3.8, 4) is 5.75 Å². The van der Waals surface area contributed by atoms with Gasteiger partial charge in [-0.2, -0.15) is 5.10 Å². The minimum absolute atomic E-state index is 0.00855. The van der Waals surface area contributed by atoms with E-state index in [-0.39, 0.29) is 11.7 Å². The molecule has 1 heterocycles. The number of carbonyl (C=O) groups excluding carboxylic acids is 1. The second-order valence-corrected chi connectivity index (χ2v) is 6.22. The van der Waals surface area contributed by atoms with Gasteiger partial charge in [0.2, 0.25) is 0 Å². The average Bonchev–Trinajstić information content (AvgIpc) is 2.98. The number of aromatic nitrogens is 2. The van der Waals surface area contributed by atoms with E-state index in [2.05, 4.69) is 10.4 Å². The van der Waals surface area contributed by atoms with Gasteiger partial charge in [-0.3, -0.25) is 9.48 Å². The van der Waals surface area contributed by atoms with Gasteiger partial charge in [0.05, 0.1) is 25.5 Å². The smallest absolute Gasteiger partial charge is 0.258 e.